The number of rotatable bonds is 6. The maximum absolute atomic E-state index is 13.1. The third-order valence-corrected chi connectivity index (χ3v) is 4.82. The van der Waals surface area contributed by atoms with Crippen LogP contribution in [0, 0.1) is 5.41 Å². The number of aromatic nitrogens is 1. The van der Waals surface area contributed by atoms with Gasteiger partial charge in [-0.25, -0.2) is 13.8 Å². The van der Waals surface area contributed by atoms with Gasteiger partial charge in [0, 0.05) is 38.2 Å². The van der Waals surface area contributed by atoms with Crippen LogP contribution in [-0.2, 0) is 11.3 Å². The summed E-state index contributed by atoms with van der Waals surface area (Å²) in [4.78, 5) is 17.6. The van der Waals surface area contributed by atoms with Crippen molar-refractivity contribution in [2.75, 3.05) is 26.2 Å². The van der Waals surface area contributed by atoms with Crippen LogP contribution < -0.4 is 10.1 Å². The summed E-state index contributed by atoms with van der Waals surface area (Å²) >= 11 is 0. The number of ether oxygens (including phenoxy) is 1. The number of nitrogens with one attached hydrogen (secondary N) is 1. The minimum absolute atomic E-state index is 0.107. The standard InChI is InChI=1S/C17H20F5N3O2/c18-16(19)8-15(9-16)2-4-25(10-15)7-13(26)24-6-12-1-3-23-14(5-12)27-11-17(20,21)22/h1,3,5H,2,4,6-11H2,(H,24,26). The van der Waals surface area contributed by atoms with Gasteiger partial charge in [-0.15, -0.1) is 0 Å². The monoisotopic (exact) mass is 393 g/mol. The van der Waals surface area contributed by atoms with E-state index in [1.807, 2.05) is 4.90 Å². The van der Waals surface area contributed by atoms with E-state index in [2.05, 4.69) is 15.0 Å². The Balaban J connectivity index is 1.42. The van der Waals surface area contributed by atoms with Gasteiger partial charge < -0.3 is 10.1 Å². The second-order valence-corrected chi connectivity index (χ2v) is 7.35. The van der Waals surface area contributed by atoms with Crippen molar-refractivity contribution >= 4 is 5.91 Å². The van der Waals surface area contributed by atoms with Gasteiger partial charge in [0.2, 0.25) is 17.7 Å². The fraction of sp³-hybridized carbons (Fsp3) is 0.647. The maximum atomic E-state index is 13.1. The number of halogens is 5. The van der Waals surface area contributed by atoms with Crippen LogP contribution in [0.2, 0.25) is 0 Å². The minimum Gasteiger partial charge on any atom is -0.468 e. The number of alkyl halides is 5. The predicted octanol–water partition coefficient (Wildman–Crippen LogP) is 2.76. The molecule has 3 rings (SSSR count). The summed E-state index contributed by atoms with van der Waals surface area (Å²) in [5.74, 6) is -3.02. The Hall–Kier alpha value is -1.97. The second kappa shape index (κ2) is 7.21. The Labute approximate surface area is 152 Å². The van der Waals surface area contributed by atoms with E-state index in [-0.39, 0.29) is 43.1 Å². The molecule has 1 amide bonds. The molecule has 1 aromatic rings. The number of likely N-dealkylation sites (tertiary alicyclic amines) is 1. The quantitative estimate of drug-likeness (QED) is 0.756. The molecule has 27 heavy (non-hydrogen) atoms. The van der Waals surface area contributed by atoms with Crippen LogP contribution in [0.25, 0.3) is 0 Å². The predicted molar refractivity (Wildman–Crippen MR) is 85.3 cm³/mol. The van der Waals surface area contributed by atoms with Crippen LogP contribution in [0.1, 0.15) is 24.8 Å². The molecule has 0 aromatic carbocycles. The topological polar surface area (TPSA) is 54.5 Å². The number of nitrogens with zero attached hydrogens (tertiary/aromatic N) is 2. The number of hydrogen-bond donors (Lipinski definition) is 1. The molecule has 10 heteroatoms. The van der Waals surface area contributed by atoms with Crippen LogP contribution >= 0.6 is 0 Å². The van der Waals surface area contributed by atoms with Gasteiger partial charge in [-0.3, -0.25) is 9.69 Å². The summed E-state index contributed by atoms with van der Waals surface area (Å²) in [5.41, 5.74) is 0.187. The Kier molecular flexibility index (Phi) is 5.29. The van der Waals surface area contributed by atoms with Crippen molar-refractivity contribution in [1.29, 1.82) is 0 Å². The van der Waals surface area contributed by atoms with Crippen molar-refractivity contribution in [3.63, 3.8) is 0 Å². The number of amides is 1. The molecule has 2 fully saturated rings. The van der Waals surface area contributed by atoms with Crippen LogP contribution in [0.3, 0.4) is 0 Å². The average molecular weight is 393 g/mol. The molecule has 1 aromatic heterocycles. The minimum atomic E-state index is -4.45. The lowest BCUT2D eigenvalue weighted by Crippen LogP contribution is -2.48. The summed E-state index contributed by atoms with van der Waals surface area (Å²) < 4.78 is 67.3. The van der Waals surface area contributed by atoms with Crippen molar-refractivity contribution in [1.82, 2.24) is 15.2 Å². The summed E-state index contributed by atoms with van der Waals surface area (Å²) in [6.07, 6.45) is -2.72. The Morgan fingerprint density at radius 1 is 1.33 bits per heavy atom. The molecule has 0 atom stereocenters. The molecule has 0 bridgehead atoms. The first kappa shape index (κ1) is 19.8. The highest BCUT2D eigenvalue weighted by atomic mass is 19.4. The molecule has 0 unspecified atom stereocenters. The third-order valence-electron chi connectivity index (χ3n) is 4.82. The first-order chi connectivity index (χ1) is 12.5. The molecule has 1 saturated carbocycles. The molecule has 1 spiro atoms. The van der Waals surface area contributed by atoms with Crippen molar-refractivity contribution in [2.24, 2.45) is 5.41 Å². The summed E-state index contributed by atoms with van der Waals surface area (Å²) in [6.45, 7) is -0.128. The van der Waals surface area contributed by atoms with Crippen molar-refractivity contribution < 1.29 is 31.5 Å². The highest BCUT2D eigenvalue weighted by molar-refractivity contribution is 5.78. The van der Waals surface area contributed by atoms with Crippen molar-refractivity contribution in [3.8, 4) is 5.88 Å². The molecule has 150 valence electrons. The van der Waals surface area contributed by atoms with E-state index in [9.17, 15) is 26.7 Å². The van der Waals surface area contributed by atoms with Crippen LogP contribution in [0.4, 0.5) is 22.0 Å². The number of carbonyl (C=O) groups excluding carboxylic acids is 1. The normalized spacial score (nSPS) is 21.1. The first-order valence-corrected chi connectivity index (χ1v) is 8.56. The first-order valence-electron chi connectivity index (χ1n) is 8.56. The molecule has 2 heterocycles. The van der Waals surface area contributed by atoms with Crippen molar-refractivity contribution in [3.05, 3.63) is 23.9 Å². The zero-order valence-electron chi connectivity index (χ0n) is 14.5. The molecular formula is C17H20F5N3O2. The van der Waals surface area contributed by atoms with E-state index >= 15 is 0 Å². The Bertz CT molecular complexity index is 687. The van der Waals surface area contributed by atoms with Gasteiger partial charge >= 0.3 is 6.18 Å². The van der Waals surface area contributed by atoms with Gasteiger partial charge in [0.1, 0.15) is 0 Å². The highest BCUT2D eigenvalue weighted by Crippen LogP contribution is 2.56. The molecule has 1 saturated heterocycles. The molecule has 1 aliphatic heterocycles. The SMILES string of the molecule is O=C(CN1CCC2(C1)CC(F)(F)C2)NCc1ccnc(OCC(F)(F)F)c1. The number of carbonyl (C=O) groups is 1. The molecule has 1 aliphatic carbocycles. The average Bonchev–Trinajstić information content (AvgIpc) is 2.92. The van der Waals surface area contributed by atoms with E-state index in [0.717, 1.165) is 0 Å². The largest absolute Gasteiger partial charge is 0.468 e. The summed E-state index contributed by atoms with van der Waals surface area (Å²) in [5, 5.41) is 2.67. The van der Waals surface area contributed by atoms with E-state index in [1.165, 1.54) is 12.3 Å². The second-order valence-electron chi connectivity index (χ2n) is 7.35. The molecule has 0 radical (unpaired) electrons. The molecular weight excluding hydrogens is 373 g/mol. The van der Waals surface area contributed by atoms with E-state index in [1.54, 1.807) is 6.07 Å². The third kappa shape index (κ3) is 5.50. The van der Waals surface area contributed by atoms with Gasteiger partial charge in [-0.05, 0) is 30.0 Å². The Morgan fingerprint density at radius 3 is 2.74 bits per heavy atom. The van der Waals surface area contributed by atoms with Gasteiger partial charge in [0.05, 0.1) is 6.54 Å². The van der Waals surface area contributed by atoms with Gasteiger partial charge in [-0.2, -0.15) is 13.2 Å². The maximum Gasteiger partial charge on any atom is 0.422 e. The van der Waals surface area contributed by atoms with E-state index in [4.69, 9.17) is 0 Å². The van der Waals surface area contributed by atoms with Crippen LogP contribution in [0.15, 0.2) is 18.3 Å². The summed E-state index contributed by atoms with van der Waals surface area (Å²) in [6, 6.07) is 2.88. The fourth-order valence-corrected chi connectivity index (χ4v) is 3.75. The highest BCUT2D eigenvalue weighted by Gasteiger charge is 2.58. The van der Waals surface area contributed by atoms with Gasteiger partial charge in [-0.1, -0.05) is 0 Å². The number of hydrogen-bond acceptors (Lipinski definition) is 4. The lowest BCUT2D eigenvalue weighted by atomic mass is 9.65. The smallest absolute Gasteiger partial charge is 0.422 e. The van der Waals surface area contributed by atoms with E-state index < -0.39 is 18.7 Å². The van der Waals surface area contributed by atoms with Crippen molar-refractivity contribution in [2.45, 2.75) is 37.9 Å². The zero-order valence-corrected chi connectivity index (χ0v) is 14.5. The molecule has 5 nitrogen and oxygen atoms in total. The van der Waals surface area contributed by atoms with Gasteiger partial charge in [0.15, 0.2) is 6.61 Å². The van der Waals surface area contributed by atoms with Crippen LogP contribution in [-0.4, -0.2) is 54.1 Å². The van der Waals surface area contributed by atoms with Crippen LogP contribution in [0.5, 0.6) is 5.88 Å². The Morgan fingerprint density at radius 2 is 2.07 bits per heavy atom. The summed E-state index contributed by atoms with van der Waals surface area (Å²) in [7, 11) is 0. The molecule has 1 N–H and O–H groups in total. The molecule has 2 aliphatic rings. The fourth-order valence-electron chi connectivity index (χ4n) is 3.75. The lowest BCUT2D eigenvalue weighted by molar-refractivity contribution is -0.156. The van der Waals surface area contributed by atoms with E-state index in [0.29, 0.717) is 25.1 Å². The zero-order chi connectivity index (χ0) is 19.7. The van der Waals surface area contributed by atoms with Gasteiger partial charge in [0.25, 0.3) is 0 Å². The lowest BCUT2D eigenvalue weighted by Gasteiger charge is -2.44. The number of pyridine rings is 1.